The molecule has 2 heterocycles. The van der Waals surface area contributed by atoms with Gasteiger partial charge in [-0.1, -0.05) is 18.6 Å². The Bertz CT molecular complexity index is 947. The van der Waals surface area contributed by atoms with Crippen molar-refractivity contribution in [3.8, 4) is 0 Å². The fraction of sp³-hybridized carbons (Fsp3) is 0.591. The minimum absolute atomic E-state index is 0.0439. The molecule has 0 aliphatic carbocycles. The Balaban J connectivity index is 1.25. The summed E-state index contributed by atoms with van der Waals surface area (Å²) in [5.41, 5.74) is 6.02. The summed E-state index contributed by atoms with van der Waals surface area (Å²) in [6.45, 7) is 3.70. The van der Waals surface area contributed by atoms with Gasteiger partial charge >= 0.3 is 0 Å². The Hall–Kier alpha value is -2.46. The van der Waals surface area contributed by atoms with Crippen molar-refractivity contribution < 1.29 is 18.0 Å². The summed E-state index contributed by atoms with van der Waals surface area (Å²) in [5, 5.41) is 2.95. The molecule has 1 saturated heterocycles. The SMILES string of the molecule is NC(=O)C1CCCN(CCCNC(=O)CCCCCN=C2NS(=O)(=O)c3ccccc32)C1. The molecule has 10 heteroatoms. The molecule has 1 aromatic carbocycles. The topological polar surface area (TPSA) is 134 Å². The third-order valence-electron chi connectivity index (χ3n) is 5.88. The molecule has 2 aliphatic heterocycles. The number of rotatable bonds is 11. The number of amidine groups is 1. The largest absolute Gasteiger partial charge is 0.369 e. The van der Waals surface area contributed by atoms with Crippen molar-refractivity contribution in [3.05, 3.63) is 29.8 Å². The van der Waals surface area contributed by atoms with Crippen LogP contribution in [0.4, 0.5) is 0 Å². The van der Waals surface area contributed by atoms with Crippen molar-refractivity contribution in [2.45, 2.75) is 49.8 Å². The molecular weight excluding hydrogens is 430 g/mol. The molecule has 4 N–H and O–H groups in total. The van der Waals surface area contributed by atoms with E-state index in [1.807, 2.05) is 0 Å². The van der Waals surface area contributed by atoms with E-state index in [1.54, 1.807) is 24.3 Å². The van der Waals surface area contributed by atoms with Crippen LogP contribution in [0.3, 0.4) is 0 Å². The number of likely N-dealkylation sites (tertiary alicyclic amines) is 1. The number of fused-ring (bicyclic) bond motifs is 1. The fourth-order valence-electron chi connectivity index (χ4n) is 4.13. The van der Waals surface area contributed by atoms with Crippen LogP contribution in [0.1, 0.15) is 50.5 Å². The Kier molecular flexibility index (Phi) is 8.63. The van der Waals surface area contributed by atoms with Gasteiger partial charge in [0.05, 0.1) is 10.8 Å². The van der Waals surface area contributed by atoms with Crippen molar-refractivity contribution in [1.82, 2.24) is 14.9 Å². The lowest BCUT2D eigenvalue weighted by atomic mass is 9.97. The third-order valence-corrected chi connectivity index (χ3v) is 7.27. The number of nitrogens with zero attached hydrogens (tertiary/aromatic N) is 2. The number of amides is 2. The van der Waals surface area contributed by atoms with Crippen LogP contribution < -0.4 is 15.8 Å². The van der Waals surface area contributed by atoms with Crippen LogP contribution in [0.25, 0.3) is 0 Å². The van der Waals surface area contributed by atoms with E-state index in [1.165, 1.54) is 0 Å². The minimum Gasteiger partial charge on any atom is -0.369 e. The first kappa shape index (κ1) is 24.2. The number of nitrogens with one attached hydrogen (secondary N) is 2. The molecule has 0 aromatic heterocycles. The van der Waals surface area contributed by atoms with Crippen LogP contribution in [0, 0.1) is 5.92 Å². The molecule has 2 aliphatic rings. The molecule has 0 radical (unpaired) electrons. The van der Waals surface area contributed by atoms with Crippen molar-refractivity contribution in [3.63, 3.8) is 0 Å². The highest BCUT2D eigenvalue weighted by Gasteiger charge is 2.29. The van der Waals surface area contributed by atoms with Gasteiger partial charge in [0.1, 0.15) is 5.84 Å². The smallest absolute Gasteiger partial charge is 0.263 e. The molecule has 0 spiro atoms. The zero-order valence-corrected chi connectivity index (χ0v) is 19.2. The van der Waals surface area contributed by atoms with Gasteiger partial charge in [-0.2, -0.15) is 0 Å². The second kappa shape index (κ2) is 11.4. The third kappa shape index (κ3) is 6.77. The molecule has 3 rings (SSSR count). The highest BCUT2D eigenvalue weighted by Crippen LogP contribution is 2.22. The number of carbonyl (C=O) groups excluding carboxylic acids is 2. The minimum atomic E-state index is -3.50. The van der Waals surface area contributed by atoms with E-state index in [2.05, 4.69) is 19.9 Å². The van der Waals surface area contributed by atoms with Crippen molar-refractivity contribution >= 4 is 27.7 Å². The maximum absolute atomic E-state index is 12.1. The average molecular weight is 464 g/mol. The number of hydrogen-bond acceptors (Lipinski definition) is 6. The van der Waals surface area contributed by atoms with Crippen LogP contribution in [-0.4, -0.2) is 63.7 Å². The molecule has 1 atom stereocenters. The zero-order valence-electron chi connectivity index (χ0n) is 18.4. The number of unbranched alkanes of at least 4 members (excludes halogenated alkanes) is 2. The van der Waals surface area contributed by atoms with E-state index < -0.39 is 10.0 Å². The lowest BCUT2D eigenvalue weighted by Gasteiger charge is -2.31. The monoisotopic (exact) mass is 463 g/mol. The van der Waals surface area contributed by atoms with E-state index in [9.17, 15) is 18.0 Å². The summed E-state index contributed by atoms with van der Waals surface area (Å²) in [7, 11) is -3.50. The molecule has 32 heavy (non-hydrogen) atoms. The molecule has 1 fully saturated rings. The summed E-state index contributed by atoms with van der Waals surface area (Å²) >= 11 is 0. The zero-order chi connectivity index (χ0) is 23.0. The van der Waals surface area contributed by atoms with E-state index in [0.29, 0.717) is 30.9 Å². The van der Waals surface area contributed by atoms with Crippen molar-refractivity contribution in [1.29, 1.82) is 0 Å². The van der Waals surface area contributed by atoms with Gasteiger partial charge in [-0.15, -0.1) is 0 Å². The maximum Gasteiger partial charge on any atom is 0.263 e. The molecule has 1 aromatic rings. The van der Waals surface area contributed by atoms with Crippen LogP contribution in [0.5, 0.6) is 0 Å². The highest BCUT2D eigenvalue weighted by atomic mass is 32.2. The van der Waals surface area contributed by atoms with Crippen molar-refractivity contribution in [2.24, 2.45) is 16.6 Å². The summed E-state index contributed by atoms with van der Waals surface area (Å²) < 4.78 is 26.6. The van der Waals surface area contributed by atoms with Crippen molar-refractivity contribution in [2.75, 3.05) is 32.7 Å². The second-order valence-electron chi connectivity index (χ2n) is 8.39. The van der Waals surface area contributed by atoms with Gasteiger partial charge in [-0.25, -0.2) is 8.42 Å². The number of nitrogens with two attached hydrogens (primary N) is 1. The lowest BCUT2D eigenvalue weighted by molar-refractivity contribution is -0.123. The predicted octanol–water partition coefficient (Wildman–Crippen LogP) is 0.989. The molecule has 9 nitrogen and oxygen atoms in total. The van der Waals surface area contributed by atoms with Gasteiger partial charge in [0.25, 0.3) is 10.0 Å². The van der Waals surface area contributed by atoms with Gasteiger partial charge < -0.3 is 16.0 Å². The molecule has 2 amide bonds. The number of benzene rings is 1. The van der Waals surface area contributed by atoms with Crippen LogP contribution in [0.2, 0.25) is 0 Å². The van der Waals surface area contributed by atoms with E-state index in [4.69, 9.17) is 5.73 Å². The van der Waals surface area contributed by atoms with Gasteiger partial charge in [0.15, 0.2) is 0 Å². The van der Waals surface area contributed by atoms with Gasteiger partial charge in [-0.05, 0) is 57.3 Å². The lowest BCUT2D eigenvalue weighted by Crippen LogP contribution is -2.42. The number of piperidine rings is 1. The number of aliphatic imine (C=N–C) groups is 1. The summed E-state index contributed by atoms with van der Waals surface area (Å²) in [5.74, 6) is 0.174. The quantitative estimate of drug-likeness (QED) is 0.421. The summed E-state index contributed by atoms with van der Waals surface area (Å²) in [6.07, 6.45) is 5.59. The Morgan fingerprint density at radius 2 is 2.00 bits per heavy atom. The first-order valence-electron chi connectivity index (χ1n) is 11.3. The first-order valence-corrected chi connectivity index (χ1v) is 12.8. The number of sulfonamides is 1. The Morgan fingerprint density at radius 3 is 2.81 bits per heavy atom. The highest BCUT2D eigenvalue weighted by molar-refractivity contribution is 7.90. The number of carbonyl (C=O) groups is 2. The van der Waals surface area contributed by atoms with E-state index in [0.717, 1.165) is 58.2 Å². The fourth-order valence-corrected chi connectivity index (χ4v) is 5.38. The number of primary amides is 1. The standard InChI is InChI=1S/C22H33N5O4S/c23-21(29)17-8-6-14-27(16-17)15-7-13-24-20(28)11-2-1-5-12-25-22-18-9-3-4-10-19(18)32(30,31)26-22/h3-4,9-10,17H,1-2,5-8,11-16H2,(H2,23,29)(H,24,28)(H,25,26). The first-order chi connectivity index (χ1) is 15.4. The Labute approximate surface area is 189 Å². The van der Waals surface area contributed by atoms with Crippen LogP contribution >= 0.6 is 0 Å². The average Bonchev–Trinajstić information content (AvgIpc) is 3.04. The molecule has 176 valence electrons. The number of hydrogen-bond donors (Lipinski definition) is 3. The Morgan fingerprint density at radius 1 is 1.19 bits per heavy atom. The molecular formula is C22H33N5O4S. The normalized spacial score (nSPS) is 21.1. The molecule has 1 unspecified atom stereocenters. The van der Waals surface area contributed by atoms with Gasteiger partial charge in [-0.3, -0.25) is 19.3 Å². The summed E-state index contributed by atoms with van der Waals surface area (Å²) in [6, 6.07) is 6.80. The van der Waals surface area contributed by atoms with E-state index >= 15 is 0 Å². The van der Waals surface area contributed by atoms with Crippen LogP contribution in [-0.2, 0) is 19.6 Å². The van der Waals surface area contributed by atoms with Crippen LogP contribution in [0.15, 0.2) is 34.2 Å². The van der Waals surface area contributed by atoms with Gasteiger partial charge in [0, 0.05) is 31.6 Å². The molecule has 0 bridgehead atoms. The van der Waals surface area contributed by atoms with Gasteiger partial charge in [0.2, 0.25) is 11.8 Å². The van der Waals surface area contributed by atoms with E-state index in [-0.39, 0.29) is 22.6 Å². The summed E-state index contributed by atoms with van der Waals surface area (Å²) in [4.78, 5) is 30.2. The molecule has 0 saturated carbocycles. The predicted molar refractivity (Wildman–Crippen MR) is 123 cm³/mol. The second-order valence-corrected chi connectivity index (χ2v) is 10.0. The maximum atomic E-state index is 12.1.